The van der Waals surface area contributed by atoms with Gasteiger partial charge < -0.3 is 9.47 Å². The number of pyridine rings is 1. The van der Waals surface area contributed by atoms with Gasteiger partial charge in [0.05, 0.1) is 24.3 Å². The molecule has 2 atom stereocenters. The van der Waals surface area contributed by atoms with Gasteiger partial charge in [0.15, 0.2) is 0 Å². The van der Waals surface area contributed by atoms with Gasteiger partial charge in [-0.3, -0.25) is 14.7 Å². The highest BCUT2D eigenvalue weighted by Gasteiger charge is 2.44. The van der Waals surface area contributed by atoms with Crippen LogP contribution in [0.4, 0.5) is 4.39 Å². The lowest BCUT2D eigenvalue weighted by Gasteiger charge is -2.38. The van der Waals surface area contributed by atoms with E-state index in [1.54, 1.807) is 18.3 Å². The lowest BCUT2D eigenvalue weighted by atomic mass is 10.1. The van der Waals surface area contributed by atoms with Crippen molar-refractivity contribution in [2.24, 2.45) is 0 Å². The fourth-order valence-corrected chi connectivity index (χ4v) is 4.47. The predicted octanol–water partition coefficient (Wildman–Crippen LogP) is 3.10. The molecule has 2 aliphatic rings. The van der Waals surface area contributed by atoms with Crippen LogP contribution in [0.1, 0.15) is 27.8 Å². The molecule has 1 aromatic carbocycles. The molecule has 1 amide bonds. The number of hydrogen-bond donors (Lipinski definition) is 0. The summed E-state index contributed by atoms with van der Waals surface area (Å²) in [4.78, 5) is 21.8. The first-order chi connectivity index (χ1) is 13.7. The van der Waals surface area contributed by atoms with E-state index in [0.29, 0.717) is 13.1 Å². The summed E-state index contributed by atoms with van der Waals surface area (Å²) in [6.07, 6.45) is 3.75. The van der Waals surface area contributed by atoms with Crippen LogP contribution in [-0.2, 0) is 13.1 Å². The maximum atomic E-state index is 13.6. The number of fused-ring (bicyclic) bond motifs is 3. The quantitative estimate of drug-likeness (QED) is 0.703. The van der Waals surface area contributed by atoms with E-state index in [1.807, 2.05) is 47.5 Å². The molecule has 28 heavy (non-hydrogen) atoms. The van der Waals surface area contributed by atoms with Crippen LogP contribution in [0, 0.1) is 5.82 Å². The first-order valence-electron chi connectivity index (χ1n) is 9.53. The number of nitrogens with zero attached hydrogens (tertiary/aromatic N) is 4. The topological polar surface area (TPSA) is 41.4 Å². The van der Waals surface area contributed by atoms with Crippen molar-refractivity contribution >= 4 is 5.91 Å². The van der Waals surface area contributed by atoms with Crippen molar-refractivity contribution < 1.29 is 9.18 Å². The Hall–Kier alpha value is -2.99. The Balaban J connectivity index is 1.43. The fourth-order valence-electron chi connectivity index (χ4n) is 4.47. The average Bonchev–Trinajstić information content (AvgIpc) is 3.33. The standard InChI is InChI=1S/C22H21FN4O/c23-17-6-3-5-16(11-17)12-25-14-20-21(15-25)27(13-18-7-1-2-9-24-18)22(28)19-8-4-10-26(19)20/h1-11,20-21H,12-15H2/t20-,21-/m0/s1. The third-order valence-corrected chi connectivity index (χ3v) is 5.70. The van der Waals surface area contributed by atoms with Crippen LogP contribution in [0.3, 0.4) is 0 Å². The zero-order chi connectivity index (χ0) is 19.1. The number of benzene rings is 1. The van der Waals surface area contributed by atoms with E-state index >= 15 is 0 Å². The van der Waals surface area contributed by atoms with Crippen molar-refractivity contribution in [2.75, 3.05) is 13.1 Å². The van der Waals surface area contributed by atoms with Crippen LogP contribution in [0.5, 0.6) is 0 Å². The Morgan fingerprint density at radius 1 is 1.00 bits per heavy atom. The molecule has 0 unspecified atom stereocenters. The fraction of sp³-hybridized carbons (Fsp3) is 0.273. The molecule has 5 nitrogen and oxygen atoms in total. The largest absolute Gasteiger partial charge is 0.337 e. The number of carbonyl (C=O) groups excluding carboxylic acids is 1. The molecule has 0 N–H and O–H groups in total. The summed E-state index contributed by atoms with van der Waals surface area (Å²) >= 11 is 0. The number of amides is 1. The van der Waals surface area contributed by atoms with Crippen molar-refractivity contribution in [3.8, 4) is 0 Å². The smallest absolute Gasteiger partial charge is 0.271 e. The molecule has 2 aliphatic heterocycles. The van der Waals surface area contributed by atoms with E-state index < -0.39 is 0 Å². The molecule has 0 aliphatic carbocycles. The van der Waals surface area contributed by atoms with Crippen LogP contribution >= 0.6 is 0 Å². The highest BCUT2D eigenvalue weighted by Crippen LogP contribution is 2.35. The van der Waals surface area contributed by atoms with Gasteiger partial charge in [-0.15, -0.1) is 0 Å². The molecule has 3 aromatic rings. The Labute approximate surface area is 163 Å². The lowest BCUT2D eigenvalue weighted by Crippen LogP contribution is -2.49. The van der Waals surface area contributed by atoms with Crippen molar-refractivity contribution in [3.63, 3.8) is 0 Å². The highest BCUT2D eigenvalue weighted by atomic mass is 19.1. The molecule has 0 radical (unpaired) electrons. The normalized spacial score (nSPS) is 21.6. The SMILES string of the molecule is O=C1c2cccn2[C@H]2CN(Cc3cccc(F)c3)C[C@@H]2N1Cc1ccccn1. The first-order valence-corrected chi connectivity index (χ1v) is 9.53. The van der Waals surface area contributed by atoms with Crippen LogP contribution in [0.2, 0.25) is 0 Å². The van der Waals surface area contributed by atoms with Crippen LogP contribution in [0.25, 0.3) is 0 Å². The summed E-state index contributed by atoms with van der Waals surface area (Å²) in [7, 11) is 0. The maximum Gasteiger partial charge on any atom is 0.271 e. The second kappa shape index (κ2) is 6.87. The molecule has 4 heterocycles. The second-order valence-corrected chi connectivity index (χ2v) is 7.51. The third-order valence-electron chi connectivity index (χ3n) is 5.70. The van der Waals surface area contributed by atoms with E-state index in [9.17, 15) is 9.18 Å². The number of carbonyl (C=O) groups is 1. The molecule has 1 fully saturated rings. The Bertz CT molecular complexity index is 1000. The summed E-state index contributed by atoms with van der Waals surface area (Å²) in [5.74, 6) is -0.168. The van der Waals surface area contributed by atoms with Crippen LogP contribution < -0.4 is 0 Å². The molecule has 142 valence electrons. The van der Waals surface area contributed by atoms with Gasteiger partial charge in [0.25, 0.3) is 5.91 Å². The Morgan fingerprint density at radius 2 is 1.89 bits per heavy atom. The molecular weight excluding hydrogens is 355 g/mol. The van der Waals surface area contributed by atoms with E-state index in [4.69, 9.17) is 0 Å². The number of aromatic nitrogens is 2. The van der Waals surface area contributed by atoms with Gasteiger partial charge in [0, 0.05) is 32.0 Å². The first kappa shape index (κ1) is 17.1. The zero-order valence-corrected chi connectivity index (χ0v) is 15.4. The van der Waals surface area contributed by atoms with Gasteiger partial charge in [0.1, 0.15) is 11.5 Å². The van der Waals surface area contributed by atoms with Gasteiger partial charge in [0.2, 0.25) is 0 Å². The summed E-state index contributed by atoms with van der Waals surface area (Å²) in [5.41, 5.74) is 2.57. The number of likely N-dealkylation sites (tertiary alicyclic amines) is 1. The number of hydrogen-bond acceptors (Lipinski definition) is 3. The molecular formula is C22H21FN4O. The monoisotopic (exact) mass is 376 g/mol. The lowest BCUT2D eigenvalue weighted by molar-refractivity contribution is 0.0553. The Kier molecular flexibility index (Phi) is 4.20. The number of rotatable bonds is 4. The van der Waals surface area contributed by atoms with Crippen LogP contribution in [0.15, 0.2) is 67.0 Å². The minimum Gasteiger partial charge on any atom is -0.337 e. The molecule has 6 heteroatoms. The third kappa shape index (κ3) is 2.99. The van der Waals surface area contributed by atoms with Gasteiger partial charge in [-0.05, 0) is 42.0 Å². The second-order valence-electron chi connectivity index (χ2n) is 7.51. The molecule has 5 rings (SSSR count). The molecule has 1 saturated heterocycles. The van der Waals surface area contributed by atoms with Gasteiger partial charge in [-0.2, -0.15) is 0 Å². The molecule has 0 saturated carbocycles. The minimum atomic E-state index is -0.214. The van der Waals surface area contributed by atoms with Gasteiger partial charge in [-0.25, -0.2) is 4.39 Å². The Morgan fingerprint density at radius 3 is 2.71 bits per heavy atom. The van der Waals surface area contributed by atoms with E-state index in [0.717, 1.165) is 30.0 Å². The van der Waals surface area contributed by atoms with E-state index in [-0.39, 0.29) is 23.8 Å². The van der Waals surface area contributed by atoms with E-state index in [2.05, 4.69) is 14.5 Å². The highest BCUT2D eigenvalue weighted by molar-refractivity contribution is 5.94. The minimum absolute atomic E-state index is 0.0458. The number of halogens is 1. The van der Waals surface area contributed by atoms with Gasteiger partial charge >= 0.3 is 0 Å². The van der Waals surface area contributed by atoms with Gasteiger partial charge in [-0.1, -0.05) is 18.2 Å². The van der Waals surface area contributed by atoms with Crippen molar-refractivity contribution in [3.05, 3.63) is 89.8 Å². The van der Waals surface area contributed by atoms with Crippen molar-refractivity contribution in [1.29, 1.82) is 0 Å². The zero-order valence-electron chi connectivity index (χ0n) is 15.4. The molecule has 0 spiro atoms. The average molecular weight is 376 g/mol. The van der Waals surface area contributed by atoms with Crippen LogP contribution in [-0.4, -0.2) is 44.4 Å². The maximum absolute atomic E-state index is 13.6. The summed E-state index contributed by atoms with van der Waals surface area (Å²) in [5, 5.41) is 0. The molecule has 2 aromatic heterocycles. The summed E-state index contributed by atoms with van der Waals surface area (Å²) in [6.45, 7) is 2.76. The molecule has 0 bridgehead atoms. The predicted molar refractivity (Wildman–Crippen MR) is 103 cm³/mol. The van der Waals surface area contributed by atoms with Crippen molar-refractivity contribution in [1.82, 2.24) is 19.4 Å². The van der Waals surface area contributed by atoms with E-state index in [1.165, 1.54) is 6.07 Å². The summed E-state index contributed by atoms with van der Waals surface area (Å²) < 4.78 is 15.7. The van der Waals surface area contributed by atoms with Crippen molar-refractivity contribution in [2.45, 2.75) is 25.2 Å². The summed E-state index contributed by atoms with van der Waals surface area (Å²) in [6, 6.07) is 16.6.